The van der Waals surface area contributed by atoms with Gasteiger partial charge in [0.15, 0.2) is 6.61 Å². The van der Waals surface area contributed by atoms with Gasteiger partial charge in [0.1, 0.15) is 17.9 Å². The molecule has 1 aromatic carbocycles. The molecular weight excluding hydrogens is 352 g/mol. The minimum atomic E-state index is -0.526. The van der Waals surface area contributed by atoms with Gasteiger partial charge in [0.25, 0.3) is 0 Å². The van der Waals surface area contributed by atoms with E-state index >= 15 is 0 Å². The van der Waals surface area contributed by atoms with Crippen LogP contribution in [0.5, 0.6) is 5.75 Å². The van der Waals surface area contributed by atoms with Crippen LogP contribution in [0.1, 0.15) is 24.5 Å². The summed E-state index contributed by atoms with van der Waals surface area (Å²) in [5.74, 6) is -0.509. The van der Waals surface area contributed by atoms with E-state index in [9.17, 15) is 14.4 Å². The van der Waals surface area contributed by atoms with Crippen LogP contribution in [-0.4, -0.2) is 31.8 Å². The number of esters is 2. The second kappa shape index (κ2) is 9.56. The summed E-state index contributed by atoms with van der Waals surface area (Å²) in [5, 5.41) is 0.732. The van der Waals surface area contributed by atoms with Crippen LogP contribution in [0.2, 0.25) is 0 Å². The van der Waals surface area contributed by atoms with E-state index in [1.165, 1.54) is 6.08 Å². The van der Waals surface area contributed by atoms with Gasteiger partial charge in [-0.15, -0.1) is 0 Å². The lowest BCUT2D eigenvalue weighted by molar-refractivity contribution is -0.145. The first-order valence-electron chi connectivity index (χ1n) is 8.57. The van der Waals surface area contributed by atoms with E-state index < -0.39 is 11.6 Å². The van der Waals surface area contributed by atoms with Crippen molar-refractivity contribution in [3.63, 3.8) is 0 Å². The number of benzene rings is 1. The van der Waals surface area contributed by atoms with Gasteiger partial charge < -0.3 is 18.6 Å². The number of rotatable bonds is 9. The molecule has 0 atom stereocenters. The quantitative estimate of drug-likeness (QED) is 0.378. The molecule has 0 amide bonds. The van der Waals surface area contributed by atoms with Crippen molar-refractivity contribution in [3.05, 3.63) is 52.4 Å². The summed E-state index contributed by atoms with van der Waals surface area (Å²) < 4.78 is 20.4. The summed E-state index contributed by atoms with van der Waals surface area (Å²) in [5.41, 5.74) is 1.01. The predicted octanol–water partition coefficient (Wildman–Crippen LogP) is 2.71. The molecular formula is C20H22O7. The molecule has 7 nitrogen and oxygen atoms in total. The molecule has 1 heterocycles. The fourth-order valence-corrected chi connectivity index (χ4v) is 2.55. The summed E-state index contributed by atoms with van der Waals surface area (Å²) >= 11 is 0. The Balaban J connectivity index is 2.16. The van der Waals surface area contributed by atoms with E-state index in [2.05, 4.69) is 6.58 Å². The van der Waals surface area contributed by atoms with Crippen molar-refractivity contribution in [2.24, 2.45) is 0 Å². The summed E-state index contributed by atoms with van der Waals surface area (Å²) in [6.45, 7) is 7.13. The van der Waals surface area contributed by atoms with Gasteiger partial charge in [-0.05, 0) is 38.0 Å². The number of fused-ring (bicyclic) bond motifs is 1. The highest BCUT2D eigenvalue weighted by atomic mass is 16.6. The van der Waals surface area contributed by atoms with Gasteiger partial charge in [0.2, 0.25) is 0 Å². The number of carbonyl (C=O) groups is 2. The Bertz CT molecular complexity index is 895. The van der Waals surface area contributed by atoms with Gasteiger partial charge in [0, 0.05) is 23.4 Å². The zero-order valence-corrected chi connectivity index (χ0v) is 15.4. The van der Waals surface area contributed by atoms with Crippen molar-refractivity contribution in [1.29, 1.82) is 0 Å². The minimum Gasteiger partial charge on any atom is -0.482 e. The fourth-order valence-electron chi connectivity index (χ4n) is 2.55. The van der Waals surface area contributed by atoms with Crippen LogP contribution in [0.25, 0.3) is 11.0 Å². The summed E-state index contributed by atoms with van der Waals surface area (Å²) in [4.78, 5) is 35.3. The average molecular weight is 374 g/mol. The van der Waals surface area contributed by atoms with Crippen LogP contribution in [-0.2, 0) is 25.5 Å². The SMILES string of the molecule is C=CCOC(=O)COc1ccc2c(C)c(CCC(=O)OCC)c(=O)oc2c1. The Morgan fingerprint density at radius 2 is 2.00 bits per heavy atom. The Hall–Kier alpha value is -3.09. The molecule has 0 unspecified atom stereocenters. The van der Waals surface area contributed by atoms with E-state index in [1.807, 2.05) is 0 Å². The maximum atomic E-state index is 12.3. The Labute approximate surface area is 156 Å². The lowest BCUT2D eigenvalue weighted by Gasteiger charge is -2.10. The highest BCUT2D eigenvalue weighted by molar-refractivity contribution is 5.82. The third-order valence-electron chi connectivity index (χ3n) is 3.86. The molecule has 0 saturated carbocycles. The molecule has 27 heavy (non-hydrogen) atoms. The molecule has 2 rings (SSSR count). The molecule has 0 saturated heterocycles. The van der Waals surface area contributed by atoms with Crippen molar-refractivity contribution >= 4 is 22.9 Å². The van der Waals surface area contributed by atoms with E-state index in [4.69, 9.17) is 18.6 Å². The number of carbonyl (C=O) groups excluding carboxylic acids is 2. The van der Waals surface area contributed by atoms with Gasteiger partial charge in [-0.25, -0.2) is 9.59 Å². The third-order valence-corrected chi connectivity index (χ3v) is 3.86. The largest absolute Gasteiger partial charge is 0.482 e. The first-order chi connectivity index (χ1) is 13.0. The Morgan fingerprint density at radius 1 is 1.22 bits per heavy atom. The van der Waals surface area contributed by atoms with Gasteiger partial charge in [0.05, 0.1) is 6.61 Å². The molecule has 0 aliphatic rings. The molecule has 0 fully saturated rings. The zero-order valence-electron chi connectivity index (χ0n) is 15.4. The molecule has 0 spiro atoms. The van der Waals surface area contributed by atoms with Crippen LogP contribution < -0.4 is 10.4 Å². The van der Waals surface area contributed by atoms with Crippen molar-refractivity contribution < 1.29 is 28.2 Å². The maximum absolute atomic E-state index is 12.3. The lowest BCUT2D eigenvalue weighted by Crippen LogP contribution is -2.15. The Morgan fingerprint density at radius 3 is 2.70 bits per heavy atom. The van der Waals surface area contributed by atoms with Crippen LogP contribution >= 0.6 is 0 Å². The molecule has 0 bridgehead atoms. The topological polar surface area (TPSA) is 92.0 Å². The van der Waals surface area contributed by atoms with Crippen molar-refractivity contribution in [2.75, 3.05) is 19.8 Å². The third kappa shape index (κ3) is 5.44. The lowest BCUT2D eigenvalue weighted by atomic mass is 10.0. The Kier molecular flexibility index (Phi) is 7.16. The fraction of sp³-hybridized carbons (Fsp3) is 0.350. The molecule has 0 radical (unpaired) electrons. The number of hydrogen-bond donors (Lipinski definition) is 0. The monoisotopic (exact) mass is 374 g/mol. The highest BCUT2D eigenvalue weighted by Crippen LogP contribution is 2.24. The number of aryl methyl sites for hydroxylation is 1. The molecule has 0 aliphatic carbocycles. The van der Waals surface area contributed by atoms with Crippen LogP contribution in [0.4, 0.5) is 0 Å². The summed E-state index contributed by atoms with van der Waals surface area (Å²) in [7, 11) is 0. The number of ether oxygens (including phenoxy) is 3. The normalized spacial score (nSPS) is 10.4. The molecule has 2 aromatic rings. The first kappa shape index (κ1) is 20.2. The highest BCUT2D eigenvalue weighted by Gasteiger charge is 2.14. The van der Waals surface area contributed by atoms with Gasteiger partial charge in [-0.3, -0.25) is 4.79 Å². The van der Waals surface area contributed by atoms with E-state index in [-0.39, 0.29) is 32.0 Å². The molecule has 7 heteroatoms. The molecule has 0 N–H and O–H groups in total. The smallest absolute Gasteiger partial charge is 0.344 e. The molecule has 144 valence electrons. The van der Waals surface area contributed by atoms with Gasteiger partial charge >= 0.3 is 17.6 Å². The van der Waals surface area contributed by atoms with Crippen molar-refractivity contribution in [3.8, 4) is 5.75 Å². The van der Waals surface area contributed by atoms with Crippen LogP contribution in [0.3, 0.4) is 0 Å². The number of hydrogen-bond acceptors (Lipinski definition) is 7. The first-order valence-corrected chi connectivity index (χ1v) is 8.57. The molecule has 0 aliphatic heterocycles. The summed E-state index contributed by atoms with van der Waals surface area (Å²) in [6.07, 6.45) is 1.82. The van der Waals surface area contributed by atoms with Crippen molar-refractivity contribution in [2.45, 2.75) is 26.7 Å². The summed E-state index contributed by atoms with van der Waals surface area (Å²) in [6, 6.07) is 4.96. The van der Waals surface area contributed by atoms with Crippen molar-refractivity contribution in [1.82, 2.24) is 0 Å². The van der Waals surface area contributed by atoms with E-state index in [0.29, 0.717) is 23.5 Å². The van der Waals surface area contributed by atoms with E-state index in [1.54, 1.807) is 32.0 Å². The van der Waals surface area contributed by atoms with Gasteiger partial charge in [-0.2, -0.15) is 0 Å². The second-order valence-electron chi connectivity index (χ2n) is 5.72. The zero-order chi connectivity index (χ0) is 19.8. The van der Waals surface area contributed by atoms with Crippen LogP contribution in [0.15, 0.2) is 40.1 Å². The second-order valence-corrected chi connectivity index (χ2v) is 5.72. The predicted molar refractivity (Wildman–Crippen MR) is 98.8 cm³/mol. The molecule has 1 aromatic heterocycles. The average Bonchev–Trinajstić information content (AvgIpc) is 2.64. The van der Waals surface area contributed by atoms with Crippen LogP contribution in [0, 0.1) is 6.92 Å². The standard InChI is InChI=1S/C20H22O7/c1-4-10-25-19(22)12-26-14-6-7-15-13(3)16(8-9-18(21)24-5-2)20(23)27-17(15)11-14/h4,6-7,11H,1,5,8-10,12H2,2-3H3. The maximum Gasteiger partial charge on any atom is 0.344 e. The van der Waals surface area contributed by atoms with E-state index in [0.717, 1.165) is 10.9 Å². The minimum absolute atomic E-state index is 0.110. The van der Waals surface area contributed by atoms with Gasteiger partial charge in [-0.1, -0.05) is 12.7 Å².